The Morgan fingerprint density at radius 3 is 2.88 bits per heavy atom. The summed E-state index contributed by atoms with van der Waals surface area (Å²) in [5.74, 6) is 0.368. The van der Waals surface area contributed by atoms with Gasteiger partial charge >= 0.3 is 11.0 Å². The third-order valence-corrected chi connectivity index (χ3v) is 4.50. The van der Waals surface area contributed by atoms with Gasteiger partial charge in [-0.3, -0.25) is 10.1 Å². The second kappa shape index (κ2) is 7.06. The number of nitrogens with zero attached hydrogens (tertiary/aromatic N) is 1. The quantitative estimate of drug-likeness (QED) is 0.462. The molecule has 9 heteroatoms. The maximum atomic E-state index is 12.0. The van der Waals surface area contributed by atoms with Crippen LogP contribution in [0.1, 0.15) is 21.7 Å². The summed E-state index contributed by atoms with van der Waals surface area (Å²) in [4.78, 5) is 22.2. The van der Waals surface area contributed by atoms with Gasteiger partial charge in [-0.1, -0.05) is 22.9 Å². The fraction of sp³-hybridized carbons (Fsp3) is 0.267. The van der Waals surface area contributed by atoms with Gasteiger partial charge in [-0.2, -0.15) is 0 Å². The van der Waals surface area contributed by atoms with Gasteiger partial charge in [0.05, 0.1) is 23.2 Å². The van der Waals surface area contributed by atoms with Crippen molar-refractivity contribution >= 4 is 33.9 Å². The topological polar surface area (TPSA) is 87.9 Å². The summed E-state index contributed by atoms with van der Waals surface area (Å²) in [7, 11) is 0. The molecule has 126 valence electrons. The van der Waals surface area contributed by atoms with Crippen LogP contribution in [0.4, 0.5) is 5.00 Å². The molecule has 0 aliphatic carbocycles. The van der Waals surface area contributed by atoms with E-state index in [-0.39, 0.29) is 16.5 Å². The number of rotatable bonds is 4. The van der Waals surface area contributed by atoms with Crippen LogP contribution in [0.3, 0.4) is 0 Å². The lowest BCUT2D eigenvalue weighted by atomic mass is 10.2. The van der Waals surface area contributed by atoms with Gasteiger partial charge in [-0.15, -0.1) is 0 Å². The number of hydrogen-bond donors (Lipinski definition) is 0. The zero-order valence-corrected chi connectivity index (χ0v) is 13.9. The Morgan fingerprint density at radius 2 is 2.12 bits per heavy atom. The summed E-state index contributed by atoms with van der Waals surface area (Å²) in [5, 5.41) is 10.9. The number of esters is 1. The van der Waals surface area contributed by atoms with Crippen molar-refractivity contribution in [1.82, 2.24) is 0 Å². The highest BCUT2D eigenvalue weighted by Crippen LogP contribution is 2.38. The van der Waals surface area contributed by atoms with Gasteiger partial charge in [-0.25, -0.2) is 4.79 Å². The number of carbonyl (C=O) groups is 1. The first-order chi connectivity index (χ1) is 11.5. The molecule has 7 nitrogen and oxygen atoms in total. The van der Waals surface area contributed by atoms with Crippen molar-refractivity contribution in [2.75, 3.05) is 13.2 Å². The maximum absolute atomic E-state index is 12.0. The fourth-order valence-electron chi connectivity index (χ4n) is 2.12. The van der Waals surface area contributed by atoms with Crippen LogP contribution in [0.15, 0.2) is 24.3 Å². The largest absolute Gasteiger partial charge is 0.489 e. The van der Waals surface area contributed by atoms with Crippen LogP contribution in [0.5, 0.6) is 11.5 Å². The normalized spacial score (nSPS) is 13.2. The van der Waals surface area contributed by atoms with E-state index in [1.165, 1.54) is 12.1 Å². The van der Waals surface area contributed by atoms with Crippen molar-refractivity contribution in [3.05, 3.63) is 49.8 Å². The molecule has 1 aliphatic rings. The van der Waals surface area contributed by atoms with Crippen LogP contribution in [0, 0.1) is 10.1 Å². The van der Waals surface area contributed by atoms with Crippen molar-refractivity contribution in [1.29, 1.82) is 0 Å². The van der Waals surface area contributed by atoms with E-state index in [9.17, 15) is 14.9 Å². The molecule has 0 atom stereocenters. The van der Waals surface area contributed by atoms with Gasteiger partial charge in [0.1, 0.15) is 11.5 Å². The lowest BCUT2D eigenvalue weighted by Gasteiger charge is -2.11. The molecule has 2 heterocycles. The lowest BCUT2D eigenvalue weighted by Crippen LogP contribution is -2.03. The highest BCUT2D eigenvalue weighted by Gasteiger charge is 2.18. The maximum Gasteiger partial charge on any atom is 0.348 e. The van der Waals surface area contributed by atoms with E-state index < -0.39 is 10.9 Å². The van der Waals surface area contributed by atoms with Gasteiger partial charge < -0.3 is 14.2 Å². The van der Waals surface area contributed by atoms with Gasteiger partial charge in [0.25, 0.3) is 0 Å². The molecule has 1 aromatic heterocycles. The summed E-state index contributed by atoms with van der Waals surface area (Å²) >= 11 is 6.94. The first kappa shape index (κ1) is 16.5. The molecule has 0 fully saturated rings. The molecular weight excluding hydrogens is 358 g/mol. The van der Waals surface area contributed by atoms with Crippen molar-refractivity contribution in [2.45, 2.75) is 13.0 Å². The summed E-state index contributed by atoms with van der Waals surface area (Å²) in [6.07, 6.45) is 0.756. The Balaban J connectivity index is 1.70. The predicted molar refractivity (Wildman–Crippen MR) is 87.2 cm³/mol. The van der Waals surface area contributed by atoms with Crippen molar-refractivity contribution in [2.24, 2.45) is 0 Å². The number of hydrogen-bond acceptors (Lipinski definition) is 7. The van der Waals surface area contributed by atoms with E-state index in [1.807, 2.05) is 0 Å². The molecular formula is C15H12ClNO6S. The Morgan fingerprint density at radius 1 is 1.33 bits per heavy atom. The predicted octanol–water partition coefficient (Wildman–Crippen LogP) is 3.83. The smallest absolute Gasteiger partial charge is 0.348 e. The minimum absolute atomic E-state index is 0.0269. The molecule has 0 N–H and O–H groups in total. The second-order valence-electron chi connectivity index (χ2n) is 4.93. The van der Waals surface area contributed by atoms with Crippen LogP contribution in [-0.2, 0) is 11.3 Å². The molecule has 0 bridgehead atoms. The molecule has 0 radical (unpaired) electrons. The molecule has 1 aromatic carbocycles. The number of benzene rings is 1. The molecule has 0 unspecified atom stereocenters. The van der Waals surface area contributed by atoms with E-state index in [0.29, 0.717) is 35.3 Å². The second-order valence-corrected chi connectivity index (χ2v) is 6.40. The summed E-state index contributed by atoms with van der Waals surface area (Å²) in [5.41, 5.74) is 0.642. The molecule has 24 heavy (non-hydrogen) atoms. The van der Waals surface area contributed by atoms with E-state index in [2.05, 4.69) is 0 Å². The van der Waals surface area contributed by atoms with E-state index in [1.54, 1.807) is 12.1 Å². The number of nitro groups is 1. The summed E-state index contributed by atoms with van der Waals surface area (Å²) in [6, 6.07) is 5.98. The number of thiophene rings is 1. The zero-order chi connectivity index (χ0) is 17.1. The van der Waals surface area contributed by atoms with E-state index >= 15 is 0 Å². The van der Waals surface area contributed by atoms with Gasteiger partial charge in [0.15, 0.2) is 11.5 Å². The van der Waals surface area contributed by atoms with E-state index in [4.69, 9.17) is 25.8 Å². The Labute approximate surface area is 145 Å². The molecule has 1 aliphatic heterocycles. The molecule has 3 rings (SSSR count). The first-order valence-corrected chi connectivity index (χ1v) is 8.23. The average Bonchev–Trinajstić information content (AvgIpc) is 2.93. The average molecular weight is 370 g/mol. The number of halogens is 1. The third kappa shape index (κ3) is 3.60. The molecule has 0 spiro atoms. The van der Waals surface area contributed by atoms with Crippen molar-refractivity contribution in [3.63, 3.8) is 0 Å². The first-order valence-electron chi connectivity index (χ1n) is 7.04. The van der Waals surface area contributed by atoms with Gasteiger partial charge in [0, 0.05) is 12.5 Å². The minimum atomic E-state index is -0.628. The Bertz CT molecular complexity index is 790. The lowest BCUT2D eigenvalue weighted by molar-refractivity contribution is -0.380. The van der Waals surface area contributed by atoms with Crippen molar-refractivity contribution in [3.8, 4) is 11.5 Å². The third-order valence-electron chi connectivity index (χ3n) is 3.20. The minimum Gasteiger partial charge on any atom is -0.489 e. The van der Waals surface area contributed by atoms with Crippen molar-refractivity contribution < 1.29 is 23.9 Å². The Hall–Kier alpha value is -2.32. The summed E-state index contributed by atoms with van der Waals surface area (Å²) in [6.45, 7) is 1.02. The standard InChI is InChI=1S/C15H12ClNO6S/c16-10-6-9(7-11-14(10)22-5-1-4-21-11)8-23-15(18)12-2-3-13(24-12)17(19)20/h2-3,6-7H,1,4-5,8H2. The highest BCUT2D eigenvalue weighted by molar-refractivity contribution is 7.17. The van der Waals surface area contributed by atoms with Crippen LogP contribution in [0.2, 0.25) is 5.02 Å². The van der Waals surface area contributed by atoms with Crippen LogP contribution < -0.4 is 9.47 Å². The fourth-order valence-corrected chi connectivity index (χ4v) is 3.13. The zero-order valence-electron chi connectivity index (χ0n) is 12.3. The van der Waals surface area contributed by atoms with Crippen LogP contribution in [0.25, 0.3) is 0 Å². The molecule has 0 saturated heterocycles. The van der Waals surface area contributed by atoms with E-state index in [0.717, 1.165) is 17.8 Å². The van der Waals surface area contributed by atoms with Gasteiger partial charge in [-0.05, 0) is 23.8 Å². The number of ether oxygens (including phenoxy) is 3. The Kier molecular flexibility index (Phi) is 4.86. The van der Waals surface area contributed by atoms with Crippen LogP contribution >= 0.6 is 22.9 Å². The highest BCUT2D eigenvalue weighted by atomic mass is 35.5. The number of carbonyl (C=O) groups excluding carboxylic acids is 1. The summed E-state index contributed by atoms with van der Waals surface area (Å²) < 4.78 is 16.3. The SMILES string of the molecule is O=C(OCc1cc(Cl)c2c(c1)OCCCO2)c1ccc([N+](=O)[O-])s1. The van der Waals surface area contributed by atoms with Crippen LogP contribution in [-0.4, -0.2) is 24.1 Å². The molecule has 2 aromatic rings. The monoisotopic (exact) mass is 369 g/mol. The molecule has 0 amide bonds. The van der Waals surface area contributed by atoms with Gasteiger partial charge in [0.2, 0.25) is 0 Å². The molecule has 0 saturated carbocycles. The number of fused-ring (bicyclic) bond motifs is 1.